The number of aliphatic imine (C=N–C) groups is 1. The van der Waals surface area contributed by atoms with Crippen molar-refractivity contribution in [1.29, 1.82) is 0 Å². The number of halogens is 1. The van der Waals surface area contributed by atoms with Crippen molar-refractivity contribution in [2.45, 2.75) is 59.1 Å². The lowest BCUT2D eigenvalue weighted by Crippen LogP contribution is -2.44. The molecule has 0 N–H and O–H groups in total. The van der Waals surface area contributed by atoms with Gasteiger partial charge in [-0.05, 0) is 63.6 Å². The third kappa shape index (κ3) is 6.04. The molecular weight excluding hydrogens is 514 g/mol. The molecule has 0 aliphatic carbocycles. The largest absolute Gasteiger partial charge is 0.466 e. The normalized spacial score (nSPS) is 21.5. The molecule has 1 aromatic rings. The summed E-state index contributed by atoms with van der Waals surface area (Å²) in [6.45, 7) is 8.47. The Morgan fingerprint density at radius 3 is 2.62 bits per heavy atom. The van der Waals surface area contributed by atoms with E-state index in [2.05, 4.69) is 0 Å². The van der Waals surface area contributed by atoms with Gasteiger partial charge in [-0.15, -0.1) is 0 Å². The molecule has 198 valence electrons. The molecule has 2 atom stereocenters. The van der Waals surface area contributed by atoms with Crippen LogP contribution >= 0.6 is 23.4 Å². The first-order valence-electron chi connectivity index (χ1n) is 12.5. The minimum absolute atomic E-state index is 0.0745. The van der Waals surface area contributed by atoms with E-state index in [1.54, 1.807) is 44.7 Å². The molecular formula is C27H32ClN3O5S. The Morgan fingerprint density at radius 2 is 1.95 bits per heavy atom. The molecule has 10 heteroatoms. The topological polar surface area (TPSA) is 88.5 Å². The number of carbonyl (C=O) groups excluding carboxylic acids is 3. The van der Waals surface area contributed by atoms with Crippen molar-refractivity contribution in [3.63, 3.8) is 0 Å². The molecule has 0 saturated carbocycles. The van der Waals surface area contributed by atoms with E-state index in [1.165, 1.54) is 11.8 Å². The first-order chi connectivity index (χ1) is 17.7. The third-order valence-corrected chi connectivity index (χ3v) is 7.62. The second-order valence-electron chi connectivity index (χ2n) is 9.51. The summed E-state index contributed by atoms with van der Waals surface area (Å²) < 4.78 is 10.8. The van der Waals surface area contributed by atoms with Crippen LogP contribution in [0.25, 0.3) is 0 Å². The van der Waals surface area contributed by atoms with Crippen LogP contribution in [0.15, 0.2) is 51.6 Å². The van der Waals surface area contributed by atoms with E-state index in [0.717, 1.165) is 17.7 Å². The Bertz CT molecular complexity index is 1160. The van der Waals surface area contributed by atoms with Gasteiger partial charge in [0.1, 0.15) is 0 Å². The Labute approximate surface area is 226 Å². The van der Waals surface area contributed by atoms with Gasteiger partial charge in [0.25, 0.3) is 0 Å². The van der Waals surface area contributed by atoms with Gasteiger partial charge < -0.3 is 19.3 Å². The molecule has 3 heterocycles. The summed E-state index contributed by atoms with van der Waals surface area (Å²) in [5, 5.41) is 3.20. The first kappa shape index (κ1) is 27.3. The molecule has 1 aromatic carbocycles. The predicted octanol–water partition coefficient (Wildman–Crippen LogP) is 5.06. The lowest BCUT2D eigenvalue weighted by atomic mass is 9.93. The minimum atomic E-state index is -0.515. The molecule has 37 heavy (non-hydrogen) atoms. The zero-order valence-electron chi connectivity index (χ0n) is 21.5. The van der Waals surface area contributed by atoms with E-state index in [1.807, 2.05) is 22.4 Å². The summed E-state index contributed by atoms with van der Waals surface area (Å²) in [5.74, 6) is -1.07. The zero-order valence-corrected chi connectivity index (χ0v) is 23.1. The van der Waals surface area contributed by atoms with Crippen LogP contribution in [0.5, 0.6) is 0 Å². The highest BCUT2D eigenvalue weighted by Gasteiger charge is 2.42. The molecule has 4 rings (SSSR count). The number of ether oxygens (including phenoxy) is 2. The zero-order chi connectivity index (χ0) is 26.7. The number of fused-ring (bicyclic) bond motifs is 1. The van der Waals surface area contributed by atoms with Crippen LogP contribution < -0.4 is 0 Å². The molecule has 0 spiro atoms. The minimum Gasteiger partial charge on any atom is -0.466 e. The van der Waals surface area contributed by atoms with Crippen molar-refractivity contribution in [2.24, 2.45) is 10.9 Å². The molecule has 1 amide bonds. The summed E-state index contributed by atoms with van der Waals surface area (Å²) in [4.78, 5) is 47.3. The number of hydrogen-bond acceptors (Lipinski definition) is 8. The van der Waals surface area contributed by atoms with Crippen LogP contribution in [0, 0.1) is 5.92 Å². The average molecular weight is 546 g/mol. The second kappa shape index (κ2) is 11.7. The van der Waals surface area contributed by atoms with Gasteiger partial charge in [0, 0.05) is 23.8 Å². The van der Waals surface area contributed by atoms with Crippen LogP contribution in [-0.4, -0.2) is 58.6 Å². The third-order valence-electron chi connectivity index (χ3n) is 6.48. The predicted molar refractivity (Wildman–Crippen MR) is 144 cm³/mol. The van der Waals surface area contributed by atoms with Crippen molar-refractivity contribution < 1.29 is 23.9 Å². The van der Waals surface area contributed by atoms with Gasteiger partial charge in [0.05, 0.1) is 42.4 Å². The first-order valence-corrected chi connectivity index (χ1v) is 13.8. The maximum Gasteiger partial charge on any atom is 0.338 e. The fraction of sp³-hybridized carbons (Fsp3) is 0.481. The molecule has 1 fully saturated rings. The molecule has 0 bridgehead atoms. The van der Waals surface area contributed by atoms with Crippen molar-refractivity contribution in [1.82, 2.24) is 9.80 Å². The summed E-state index contributed by atoms with van der Waals surface area (Å²) in [6.07, 6.45) is 1.30. The molecule has 0 radical (unpaired) electrons. The number of rotatable bonds is 7. The second-order valence-corrected chi connectivity index (χ2v) is 10.8. The number of likely N-dealkylation sites (tertiary alicyclic amines) is 1. The molecule has 1 saturated heterocycles. The van der Waals surface area contributed by atoms with Gasteiger partial charge >= 0.3 is 11.9 Å². The highest BCUT2D eigenvalue weighted by atomic mass is 35.5. The van der Waals surface area contributed by atoms with E-state index >= 15 is 0 Å². The van der Waals surface area contributed by atoms with Crippen LogP contribution in [0.3, 0.4) is 0 Å². The number of carbonyl (C=O) groups is 3. The standard InChI is InChI=1S/C27H32ClN3O5S/c1-5-35-25(33)19-7-6-12-30(14-19)22(32)13-21-15-37-27-29-17(4)23(26(34)36-16(2)3)24(31(21)27)18-8-10-20(28)11-9-18/h8-11,15-16,19,24H,5-7,12-14H2,1-4H3/t19-,24+/m1/s1. The SMILES string of the molecule is CCOC(=O)[C@@H]1CCCN(C(=O)CC2=CSC3=NC(C)=C(C(=O)OC(C)C)[C@H](c4ccc(Cl)cc4)N23)C1. The Kier molecular flexibility index (Phi) is 8.64. The fourth-order valence-electron chi connectivity index (χ4n) is 4.79. The lowest BCUT2D eigenvalue weighted by Gasteiger charge is -2.37. The van der Waals surface area contributed by atoms with E-state index in [9.17, 15) is 14.4 Å². The summed E-state index contributed by atoms with van der Waals surface area (Å²) in [7, 11) is 0. The van der Waals surface area contributed by atoms with Gasteiger partial charge in [-0.25, -0.2) is 9.79 Å². The van der Waals surface area contributed by atoms with E-state index in [0.29, 0.717) is 47.6 Å². The summed E-state index contributed by atoms with van der Waals surface area (Å²) in [6, 6.07) is 6.80. The maximum absolute atomic E-state index is 13.4. The summed E-state index contributed by atoms with van der Waals surface area (Å²) in [5.41, 5.74) is 2.60. The number of nitrogens with zero attached hydrogens (tertiary/aromatic N) is 3. The number of benzene rings is 1. The number of amides is 1. The Hall–Kier alpha value is -2.78. The smallest absolute Gasteiger partial charge is 0.338 e. The van der Waals surface area contributed by atoms with E-state index in [-0.39, 0.29) is 30.3 Å². The monoisotopic (exact) mass is 545 g/mol. The number of allylic oxidation sites excluding steroid dienone is 1. The number of thioether (sulfide) groups is 1. The Balaban J connectivity index is 1.60. The van der Waals surface area contributed by atoms with Crippen molar-refractivity contribution in [2.75, 3.05) is 19.7 Å². The number of piperidine rings is 1. The van der Waals surface area contributed by atoms with Crippen LogP contribution in [0.2, 0.25) is 5.02 Å². The van der Waals surface area contributed by atoms with Crippen LogP contribution in [0.4, 0.5) is 0 Å². The highest BCUT2D eigenvalue weighted by molar-refractivity contribution is 8.16. The van der Waals surface area contributed by atoms with Gasteiger partial charge in [0.15, 0.2) is 5.17 Å². The maximum atomic E-state index is 13.4. The van der Waals surface area contributed by atoms with Crippen molar-refractivity contribution in [3.8, 4) is 0 Å². The molecule has 0 aromatic heterocycles. The Morgan fingerprint density at radius 1 is 1.22 bits per heavy atom. The van der Waals surface area contributed by atoms with Gasteiger partial charge in [-0.1, -0.05) is 35.5 Å². The number of amidine groups is 1. The molecule has 0 unspecified atom stereocenters. The average Bonchev–Trinajstić information content (AvgIpc) is 3.25. The van der Waals surface area contributed by atoms with Crippen LogP contribution in [-0.2, 0) is 23.9 Å². The quantitative estimate of drug-likeness (QED) is 0.442. The van der Waals surface area contributed by atoms with Crippen molar-refractivity contribution in [3.05, 3.63) is 57.2 Å². The van der Waals surface area contributed by atoms with E-state index < -0.39 is 12.0 Å². The fourth-order valence-corrected chi connectivity index (χ4v) is 5.88. The molecule has 8 nitrogen and oxygen atoms in total. The van der Waals surface area contributed by atoms with Gasteiger partial charge in [-0.3, -0.25) is 9.59 Å². The van der Waals surface area contributed by atoms with Crippen LogP contribution in [0.1, 0.15) is 58.6 Å². The number of esters is 2. The highest BCUT2D eigenvalue weighted by Crippen LogP contribution is 2.45. The van der Waals surface area contributed by atoms with Gasteiger partial charge in [-0.2, -0.15) is 0 Å². The van der Waals surface area contributed by atoms with Crippen molar-refractivity contribution >= 4 is 46.4 Å². The number of hydrogen-bond donors (Lipinski definition) is 0. The lowest BCUT2D eigenvalue weighted by molar-refractivity contribution is -0.151. The summed E-state index contributed by atoms with van der Waals surface area (Å²) >= 11 is 7.58. The van der Waals surface area contributed by atoms with E-state index in [4.69, 9.17) is 26.1 Å². The molecule has 3 aliphatic rings. The van der Waals surface area contributed by atoms with Gasteiger partial charge in [0.2, 0.25) is 5.91 Å². The molecule has 3 aliphatic heterocycles.